The number of carbonyl (C=O) groups is 3. The molecule has 1 aromatic heterocycles. The topological polar surface area (TPSA) is 90.9 Å². The summed E-state index contributed by atoms with van der Waals surface area (Å²) < 4.78 is 15.5. The SMILES string of the molecule is CCOC(=O)c1c(NC(=O)COc2ccc(C3CCCCC3)cc2)sc(C(=O)OC)c1C. The second kappa shape index (κ2) is 11.1. The van der Waals surface area contributed by atoms with Crippen LogP contribution >= 0.6 is 11.3 Å². The lowest BCUT2D eigenvalue weighted by Crippen LogP contribution is -2.21. The molecule has 0 radical (unpaired) electrons. The summed E-state index contributed by atoms with van der Waals surface area (Å²) in [7, 11) is 1.26. The number of hydrogen-bond donors (Lipinski definition) is 1. The van der Waals surface area contributed by atoms with Gasteiger partial charge in [-0.1, -0.05) is 31.4 Å². The Morgan fingerprint density at radius 1 is 1.06 bits per heavy atom. The molecule has 1 aliphatic carbocycles. The Kier molecular flexibility index (Phi) is 8.27. The van der Waals surface area contributed by atoms with Crippen molar-refractivity contribution in [2.75, 3.05) is 25.6 Å². The second-order valence-electron chi connectivity index (χ2n) is 7.71. The quantitative estimate of drug-likeness (QED) is 0.553. The minimum atomic E-state index is -0.606. The van der Waals surface area contributed by atoms with Gasteiger partial charge in [-0.3, -0.25) is 4.79 Å². The van der Waals surface area contributed by atoms with Gasteiger partial charge in [0.2, 0.25) is 0 Å². The number of methoxy groups -OCH3 is 1. The predicted molar refractivity (Wildman–Crippen MR) is 123 cm³/mol. The molecule has 1 aliphatic rings. The van der Waals surface area contributed by atoms with E-state index in [1.54, 1.807) is 13.8 Å². The molecule has 1 amide bonds. The van der Waals surface area contributed by atoms with Crippen molar-refractivity contribution < 1.29 is 28.6 Å². The molecule has 1 fully saturated rings. The van der Waals surface area contributed by atoms with Crippen molar-refractivity contribution in [3.63, 3.8) is 0 Å². The fourth-order valence-electron chi connectivity index (χ4n) is 3.92. The Hall–Kier alpha value is -2.87. The maximum absolute atomic E-state index is 12.5. The third-order valence-electron chi connectivity index (χ3n) is 5.58. The van der Waals surface area contributed by atoms with Gasteiger partial charge in [0, 0.05) is 0 Å². The number of benzene rings is 1. The molecule has 1 saturated carbocycles. The lowest BCUT2D eigenvalue weighted by atomic mass is 9.84. The zero-order valence-electron chi connectivity index (χ0n) is 18.7. The van der Waals surface area contributed by atoms with Gasteiger partial charge in [0.15, 0.2) is 6.61 Å². The fraction of sp³-hybridized carbons (Fsp3) is 0.458. The highest BCUT2D eigenvalue weighted by Crippen LogP contribution is 2.35. The third kappa shape index (κ3) is 5.68. The number of amides is 1. The van der Waals surface area contributed by atoms with E-state index in [0.717, 1.165) is 11.3 Å². The molecule has 0 unspecified atom stereocenters. The summed E-state index contributed by atoms with van der Waals surface area (Å²) in [6.07, 6.45) is 6.31. The molecule has 0 saturated heterocycles. The summed E-state index contributed by atoms with van der Waals surface area (Å²) in [5.41, 5.74) is 1.88. The molecule has 7 nitrogen and oxygen atoms in total. The van der Waals surface area contributed by atoms with Crippen LogP contribution in [-0.4, -0.2) is 38.2 Å². The van der Waals surface area contributed by atoms with E-state index >= 15 is 0 Å². The minimum absolute atomic E-state index is 0.155. The average molecular weight is 460 g/mol. The highest BCUT2D eigenvalue weighted by atomic mass is 32.1. The standard InChI is InChI=1S/C24H29NO6S/c1-4-30-23(27)20-15(2)21(24(28)29-3)32-22(20)25-19(26)14-31-18-12-10-17(11-13-18)16-8-6-5-7-9-16/h10-13,16H,4-9,14H2,1-3H3,(H,25,26). The first kappa shape index (κ1) is 23.8. The Morgan fingerprint density at radius 2 is 1.75 bits per heavy atom. The number of nitrogens with one attached hydrogen (secondary N) is 1. The summed E-state index contributed by atoms with van der Waals surface area (Å²) >= 11 is 0.978. The molecule has 1 aromatic carbocycles. The molecule has 1 heterocycles. The first-order chi connectivity index (χ1) is 15.4. The van der Waals surface area contributed by atoms with Gasteiger partial charge in [-0.2, -0.15) is 0 Å². The summed E-state index contributed by atoms with van der Waals surface area (Å²) in [5, 5.41) is 2.91. The minimum Gasteiger partial charge on any atom is -0.484 e. The van der Waals surface area contributed by atoms with Crippen molar-refractivity contribution in [1.29, 1.82) is 0 Å². The largest absolute Gasteiger partial charge is 0.484 e. The fourth-order valence-corrected chi connectivity index (χ4v) is 5.05. The number of hydrogen-bond acceptors (Lipinski definition) is 7. The van der Waals surface area contributed by atoms with Crippen molar-refractivity contribution in [2.24, 2.45) is 0 Å². The van der Waals surface area contributed by atoms with Gasteiger partial charge in [0.25, 0.3) is 5.91 Å². The summed E-state index contributed by atoms with van der Waals surface area (Å²) in [6, 6.07) is 7.89. The van der Waals surface area contributed by atoms with Crippen LogP contribution in [0.3, 0.4) is 0 Å². The maximum atomic E-state index is 12.5. The van der Waals surface area contributed by atoms with Gasteiger partial charge >= 0.3 is 11.9 Å². The normalized spacial score (nSPS) is 14.0. The smallest absolute Gasteiger partial charge is 0.348 e. The first-order valence-corrected chi connectivity index (χ1v) is 11.7. The molecule has 0 aliphatic heterocycles. The molecular formula is C24H29NO6S. The predicted octanol–water partition coefficient (Wildman–Crippen LogP) is 5.09. The molecule has 172 valence electrons. The molecule has 1 N–H and O–H groups in total. The summed E-state index contributed by atoms with van der Waals surface area (Å²) in [5.74, 6) is -0.417. The van der Waals surface area contributed by atoms with Crippen LogP contribution in [0.4, 0.5) is 5.00 Å². The van der Waals surface area contributed by atoms with Crippen molar-refractivity contribution in [2.45, 2.75) is 51.9 Å². The van der Waals surface area contributed by atoms with Crippen LogP contribution in [0.1, 0.15) is 76.1 Å². The third-order valence-corrected chi connectivity index (χ3v) is 6.76. The number of anilines is 1. The number of rotatable bonds is 8. The highest BCUT2D eigenvalue weighted by Gasteiger charge is 2.27. The molecule has 8 heteroatoms. The lowest BCUT2D eigenvalue weighted by Gasteiger charge is -2.22. The van der Waals surface area contributed by atoms with Crippen LogP contribution in [0.25, 0.3) is 0 Å². The van der Waals surface area contributed by atoms with Gasteiger partial charge in [0.05, 0.1) is 19.3 Å². The molecule has 0 bridgehead atoms. The zero-order chi connectivity index (χ0) is 23.1. The van der Waals surface area contributed by atoms with Crippen LogP contribution in [0.15, 0.2) is 24.3 Å². The van der Waals surface area contributed by atoms with Crippen molar-refractivity contribution in [3.05, 3.63) is 45.8 Å². The molecule has 0 spiro atoms. The van der Waals surface area contributed by atoms with E-state index in [0.29, 0.717) is 17.2 Å². The monoisotopic (exact) mass is 459 g/mol. The Bertz CT molecular complexity index is 960. The van der Waals surface area contributed by atoms with Crippen molar-refractivity contribution in [3.8, 4) is 5.75 Å². The van der Waals surface area contributed by atoms with Crippen molar-refractivity contribution >= 4 is 34.2 Å². The lowest BCUT2D eigenvalue weighted by molar-refractivity contribution is -0.118. The Balaban J connectivity index is 1.65. The summed E-state index contributed by atoms with van der Waals surface area (Å²) in [6.45, 7) is 3.26. The highest BCUT2D eigenvalue weighted by molar-refractivity contribution is 7.18. The second-order valence-corrected chi connectivity index (χ2v) is 8.73. The molecule has 32 heavy (non-hydrogen) atoms. The van der Waals surface area contributed by atoms with Crippen LogP contribution < -0.4 is 10.1 Å². The average Bonchev–Trinajstić information content (AvgIpc) is 3.13. The van der Waals surface area contributed by atoms with Crippen LogP contribution in [0.5, 0.6) is 5.75 Å². The Labute approximate surface area is 192 Å². The van der Waals surface area contributed by atoms with E-state index in [1.165, 1.54) is 44.8 Å². The van der Waals surface area contributed by atoms with Gasteiger partial charge in [-0.15, -0.1) is 11.3 Å². The van der Waals surface area contributed by atoms with Gasteiger partial charge in [-0.25, -0.2) is 9.59 Å². The van der Waals surface area contributed by atoms with Gasteiger partial charge < -0.3 is 19.5 Å². The molecule has 3 rings (SSSR count). The molecular weight excluding hydrogens is 430 g/mol. The summed E-state index contributed by atoms with van der Waals surface area (Å²) in [4.78, 5) is 37.1. The number of thiophene rings is 1. The van der Waals surface area contributed by atoms with Crippen molar-refractivity contribution in [1.82, 2.24) is 0 Å². The Morgan fingerprint density at radius 3 is 2.38 bits per heavy atom. The van der Waals surface area contributed by atoms with Gasteiger partial charge in [-0.05, 0) is 55.9 Å². The van der Waals surface area contributed by atoms with E-state index in [1.807, 2.05) is 12.1 Å². The van der Waals surface area contributed by atoms with E-state index in [4.69, 9.17) is 14.2 Å². The number of ether oxygens (including phenoxy) is 3. The number of carbonyl (C=O) groups excluding carboxylic acids is 3. The van der Waals surface area contributed by atoms with E-state index in [2.05, 4.69) is 17.4 Å². The molecule has 2 aromatic rings. The number of esters is 2. The maximum Gasteiger partial charge on any atom is 0.348 e. The molecule has 0 atom stereocenters. The first-order valence-electron chi connectivity index (χ1n) is 10.9. The van der Waals surface area contributed by atoms with Crippen LogP contribution in [-0.2, 0) is 14.3 Å². The van der Waals surface area contributed by atoms with E-state index in [9.17, 15) is 14.4 Å². The zero-order valence-corrected chi connectivity index (χ0v) is 19.5. The van der Waals surface area contributed by atoms with Gasteiger partial charge in [0.1, 0.15) is 15.6 Å². The van der Waals surface area contributed by atoms with Crippen LogP contribution in [0, 0.1) is 6.92 Å². The van der Waals surface area contributed by atoms with Crippen LogP contribution in [0.2, 0.25) is 0 Å². The van der Waals surface area contributed by atoms with E-state index < -0.39 is 17.8 Å². The van der Waals surface area contributed by atoms with E-state index in [-0.39, 0.29) is 28.7 Å².